The fourth-order valence-electron chi connectivity index (χ4n) is 5.73. The molecule has 0 aliphatic carbocycles. The van der Waals surface area contributed by atoms with E-state index >= 15 is 0 Å². The summed E-state index contributed by atoms with van der Waals surface area (Å²) in [7, 11) is 0. The third kappa shape index (κ3) is 6.69. The number of amides is 2. The number of carbonyl (C=O) groups is 3. The smallest absolute Gasteiger partial charge is 0.266 e. The highest BCUT2D eigenvalue weighted by Gasteiger charge is 2.50. The molecule has 48 heavy (non-hydrogen) atoms. The van der Waals surface area contributed by atoms with Gasteiger partial charge in [0.25, 0.3) is 11.8 Å². The highest BCUT2D eigenvalue weighted by atomic mass is 16.4. The van der Waals surface area contributed by atoms with Gasteiger partial charge in [-0.3, -0.25) is 24.5 Å². The van der Waals surface area contributed by atoms with E-state index in [0.29, 0.717) is 18.7 Å². The Hall–Kier alpha value is -5.38. The third-order valence-corrected chi connectivity index (χ3v) is 8.40. The third-order valence-electron chi connectivity index (χ3n) is 8.40. The number of aliphatic carboxylic acids is 1. The van der Waals surface area contributed by atoms with Crippen molar-refractivity contribution >= 4 is 23.7 Å². The molecule has 1 aromatic heterocycles. The Morgan fingerprint density at radius 3 is 1.79 bits per heavy atom. The van der Waals surface area contributed by atoms with Crippen LogP contribution in [-0.4, -0.2) is 43.5 Å². The molecular weight excluding hydrogens is 604 g/mol. The largest absolute Gasteiger partial charge is 0.550 e. The number of carboxylic acids is 1. The fourth-order valence-corrected chi connectivity index (χ4v) is 5.73. The second-order valence-electron chi connectivity index (χ2n) is 14.1. The Labute approximate surface area is 281 Å². The van der Waals surface area contributed by atoms with Crippen LogP contribution >= 0.6 is 0 Å². The molecule has 3 heterocycles. The second kappa shape index (κ2) is 13.0. The van der Waals surface area contributed by atoms with Gasteiger partial charge in [-0.15, -0.1) is 0 Å². The monoisotopic (exact) mass is 645 g/mol. The molecule has 0 unspecified atom stereocenters. The summed E-state index contributed by atoms with van der Waals surface area (Å²) in [5.74, 6) is -1.18. The van der Waals surface area contributed by atoms with Crippen LogP contribution in [0, 0.1) is 5.41 Å². The fraction of sp³-hybridized carbons (Fsp3) is 0.316. The summed E-state index contributed by atoms with van der Waals surface area (Å²) >= 11 is 0. The Morgan fingerprint density at radius 1 is 0.833 bits per heavy atom. The minimum atomic E-state index is -1.28. The number of nitrogens with zero attached hydrogens (tertiary/aromatic N) is 5. The van der Waals surface area contributed by atoms with Crippen molar-refractivity contribution in [1.29, 1.82) is 0 Å². The zero-order valence-corrected chi connectivity index (χ0v) is 28.2. The summed E-state index contributed by atoms with van der Waals surface area (Å²) in [6, 6.07) is 24.8. The molecule has 0 fully saturated rings. The molecule has 248 valence electrons. The zero-order chi connectivity index (χ0) is 34.9. The van der Waals surface area contributed by atoms with Gasteiger partial charge in [0.15, 0.2) is 11.5 Å². The van der Waals surface area contributed by atoms with E-state index in [0.717, 1.165) is 33.6 Å². The lowest BCUT2D eigenvalue weighted by Crippen LogP contribution is -2.43. The van der Waals surface area contributed by atoms with E-state index in [4.69, 9.17) is 10.7 Å². The molecule has 3 aromatic carbocycles. The second-order valence-corrected chi connectivity index (χ2v) is 14.1. The number of fused-ring (bicyclic) bond motifs is 1. The van der Waals surface area contributed by atoms with E-state index in [1.165, 1.54) is 4.90 Å². The molecule has 0 spiro atoms. The Kier molecular flexibility index (Phi) is 9.22. The minimum Gasteiger partial charge on any atom is -0.550 e. The lowest BCUT2D eigenvalue weighted by molar-refractivity contribution is -0.316. The van der Waals surface area contributed by atoms with Crippen LogP contribution in [0.3, 0.4) is 0 Å². The molecule has 0 saturated carbocycles. The number of carboxylic acid groups (broad SMARTS) is 1. The van der Waals surface area contributed by atoms with Crippen molar-refractivity contribution in [3.63, 3.8) is 0 Å². The van der Waals surface area contributed by atoms with E-state index in [-0.39, 0.29) is 29.7 Å². The summed E-state index contributed by atoms with van der Waals surface area (Å²) in [5.41, 5.74) is 9.68. The highest BCUT2D eigenvalue weighted by Crippen LogP contribution is 2.40. The van der Waals surface area contributed by atoms with Gasteiger partial charge in [0.05, 0.1) is 31.0 Å². The van der Waals surface area contributed by atoms with Gasteiger partial charge in [-0.25, -0.2) is 4.99 Å². The predicted octanol–water partition coefficient (Wildman–Crippen LogP) is 4.31. The average Bonchev–Trinajstić information content (AvgIpc) is 3.60. The first-order valence-corrected chi connectivity index (χ1v) is 15.8. The maximum Gasteiger partial charge on any atom is 0.266 e. The van der Waals surface area contributed by atoms with Crippen LogP contribution in [0.4, 0.5) is 0 Å². The summed E-state index contributed by atoms with van der Waals surface area (Å²) in [5, 5.41) is 9.91. The first-order chi connectivity index (χ1) is 22.6. The lowest BCUT2D eigenvalue weighted by atomic mass is 9.82. The average molecular weight is 646 g/mol. The number of carbonyl (C=O) groups excluding carboxylic acids is 3. The van der Waals surface area contributed by atoms with E-state index < -0.39 is 16.9 Å². The van der Waals surface area contributed by atoms with E-state index in [1.807, 2.05) is 78.9 Å². The van der Waals surface area contributed by atoms with Crippen molar-refractivity contribution in [1.82, 2.24) is 19.8 Å². The minimum absolute atomic E-state index is 0.0890. The van der Waals surface area contributed by atoms with Crippen molar-refractivity contribution in [2.45, 2.75) is 72.1 Å². The van der Waals surface area contributed by atoms with Crippen molar-refractivity contribution in [3.8, 4) is 0 Å². The van der Waals surface area contributed by atoms with Gasteiger partial charge in [-0.2, -0.15) is 0 Å². The molecule has 0 atom stereocenters. The van der Waals surface area contributed by atoms with Crippen molar-refractivity contribution in [2.75, 3.05) is 0 Å². The molecule has 10 heteroatoms. The molecule has 10 nitrogen and oxygen atoms in total. The molecular formula is C38H41N6O4-. The normalized spacial score (nSPS) is 15.4. The molecule has 2 N–H and O–H groups in total. The first kappa shape index (κ1) is 34.0. The standard InChI is InChI=1S/C33H32N6O2.C5H10O2/c1-32(2,3)26-15-14-22(18-25(26)29(40)38-20-27-28(21-38)36-17-16-35-27)19-39-30(41)33(37-31(39)34,23-10-6-4-7-11-23)24-12-8-5-9-13-24;1-5(2,3)4(6)7/h4-18H,19-21H2,1-3H3,(H2,34,37);1-3H3,(H,6,7)/p-1. The Balaban J connectivity index is 0.000000582. The number of guanidine groups is 1. The lowest BCUT2D eigenvalue weighted by Gasteiger charge is -2.28. The molecule has 2 aliphatic rings. The van der Waals surface area contributed by atoms with Crippen LogP contribution in [0.25, 0.3) is 0 Å². The molecule has 6 rings (SSSR count). The summed E-state index contributed by atoms with van der Waals surface area (Å²) < 4.78 is 0. The molecule has 0 radical (unpaired) electrons. The number of hydrogen-bond acceptors (Lipinski definition) is 8. The summed E-state index contributed by atoms with van der Waals surface area (Å²) in [4.78, 5) is 55.0. The Bertz CT molecular complexity index is 1800. The van der Waals surface area contributed by atoms with Gasteiger partial charge in [0, 0.05) is 29.3 Å². The van der Waals surface area contributed by atoms with Gasteiger partial charge >= 0.3 is 0 Å². The van der Waals surface area contributed by atoms with Crippen LogP contribution in [-0.2, 0) is 40.2 Å². The van der Waals surface area contributed by atoms with Crippen molar-refractivity contribution < 1.29 is 19.5 Å². The van der Waals surface area contributed by atoms with Crippen LogP contribution in [0.1, 0.15) is 85.5 Å². The van der Waals surface area contributed by atoms with E-state index in [1.54, 1.807) is 38.1 Å². The SMILES string of the molecule is CC(C)(C)C(=O)[O-].CC(C)(C)c1ccc(CN2C(=O)C(c3ccccc3)(c3ccccc3)N=C2N)cc1C(=O)N1Cc2nccnc2C1. The van der Waals surface area contributed by atoms with Gasteiger partial charge < -0.3 is 20.5 Å². The predicted molar refractivity (Wildman–Crippen MR) is 181 cm³/mol. The molecule has 0 saturated heterocycles. The maximum atomic E-state index is 14.3. The zero-order valence-electron chi connectivity index (χ0n) is 28.2. The van der Waals surface area contributed by atoms with Gasteiger partial charge in [-0.05, 0) is 33.7 Å². The quantitative estimate of drug-likeness (QED) is 0.341. The topological polar surface area (TPSA) is 145 Å². The number of aromatic nitrogens is 2. The van der Waals surface area contributed by atoms with Crippen LogP contribution in [0.2, 0.25) is 0 Å². The van der Waals surface area contributed by atoms with E-state index in [9.17, 15) is 19.5 Å². The van der Waals surface area contributed by atoms with Crippen LogP contribution < -0.4 is 10.8 Å². The van der Waals surface area contributed by atoms with Crippen molar-refractivity contribution in [3.05, 3.63) is 130 Å². The summed E-state index contributed by atoms with van der Waals surface area (Å²) in [6.45, 7) is 12.1. The maximum absolute atomic E-state index is 14.3. The number of rotatable bonds is 5. The summed E-state index contributed by atoms with van der Waals surface area (Å²) in [6.07, 6.45) is 3.30. The van der Waals surface area contributed by atoms with Gasteiger partial charge in [0.2, 0.25) is 0 Å². The number of aliphatic imine (C=N–C) groups is 1. The molecule has 4 aromatic rings. The number of benzene rings is 3. The van der Waals surface area contributed by atoms with Crippen molar-refractivity contribution in [2.24, 2.45) is 16.1 Å². The van der Waals surface area contributed by atoms with E-state index in [2.05, 4.69) is 30.7 Å². The first-order valence-electron chi connectivity index (χ1n) is 15.8. The Morgan fingerprint density at radius 2 is 1.33 bits per heavy atom. The molecule has 2 amide bonds. The van der Waals surface area contributed by atoms with Gasteiger partial charge in [0.1, 0.15) is 0 Å². The number of hydrogen-bond donors (Lipinski definition) is 1. The molecule has 0 bridgehead atoms. The van der Waals surface area contributed by atoms with Gasteiger partial charge in [-0.1, -0.05) is 114 Å². The highest BCUT2D eigenvalue weighted by molar-refractivity contribution is 6.09. The van der Waals surface area contributed by atoms with Crippen LogP contribution in [0.5, 0.6) is 0 Å². The number of nitrogens with two attached hydrogens (primary N) is 1. The molecule has 2 aliphatic heterocycles. The van der Waals surface area contributed by atoms with Crippen LogP contribution in [0.15, 0.2) is 96.2 Å².